The maximum atomic E-state index is 12.1. The first-order valence-corrected chi connectivity index (χ1v) is 7.17. The Kier molecular flexibility index (Phi) is 4.65. The van der Waals surface area contributed by atoms with E-state index in [1.54, 1.807) is 14.0 Å². The van der Waals surface area contributed by atoms with Crippen LogP contribution in [-0.2, 0) is 9.53 Å². The molecule has 2 rings (SSSR count). The van der Waals surface area contributed by atoms with Gasteiger partial charge in [-0.2, -0.15) is 0 Å². The van der Waals surface area contributed by atoms with E-state index in [-0.39, 0.29) is 12.0 Å². The van der Waals surface area contributed by atoms with Crippen LogP contribution in [0.25, 0.3) is 0 Å². The quantitative estimate of drug-likeness (QED) is 0.846. The van der Waals surface area contributed by atoms with Crippen LogP contribution < -0.4 is 4.90 Å². The average Bonchev–Trinajstić information content (AvgIpc) is 2.48. The molecular weight excluding hydrogens is 252 g/mol. The van der Waals surface area contributed by atoms with Crippen LogP contribution in [0.4, 0.5) is 5.69 Å². The summed E-state index contributed by atoms with van der Waals surface area (Å²) in [5, 5.41) is 0. The molecule has 0 N–H and O–H groups in total. The third kappa shape index (κ3) is 2.96. The summed E-state index contributed by atoms with van der Waals surface area (Å²) in [5.41, 5.74) is 3.93. The summed E-state index contributed by atoms with van der Waals surface area (Å²) in [7, 11) is 1.58. The molecule has 0 saturated carbocycles. The monoisotopic (exact) mass is 276 g/mol. The highest BCUT2D eigenvalue weighted by Crippen LogP contribution is 2.23. The van der Waals surface area contributed by atoms with Gasteiger partial charge < -0.3 is 14.5 Å². The first-order chi connectivity index (χ1) is 9.54. The molecule has 1 aliphatic heterocycles. The van der Waals surface area contributed by atoms with Crippen molar-refractivity contribution >= 4 is 11.6 Å². The highest BCUT2D eigenvalue weighted by Gasteiger charge is 2.25. The van der Waals surface area contributed by atoms with Gasteiger partial charge in [0.1, 0.15) is 6.10 Å². The number of carbonyl (C=O) groups excluding carboxylic acids is 1. The van der Waals surface area contributed by atoms with Gasteiger partial charge in [0, 0.05) is 39.0 Å². The number of piperazine rings is 1. The summed E-state index contributed by atoms with van der Waals surface area (Å²) >= 11 is 0. The van der Waals surface area contributed by atoms with Gasteiger partial charge in [0.25, 0.3) is 5.91 Å². The summed E-state index contributed by atoms with van der Waals surface area (Å²) in [6.07, 6.45) is -0.345. The van der Waals surface area contributed by atoms with Gasteiger partial charge in [0.15, 0.2) is 0 Å². The molecule has 1 aromatic rings. The van der Waals surface area contributed by atoms with Crippen LogP contribution in [0.2, 0.25) is 0 Å². The van der Waals surface area contributed by atoms with Crippen molar-refractivity contribution in [1.29, 1.82) is 0 Å². The van der Waals surface area contributed by atoms with E-state index in [0.717, 1.165) is 26.2 Å². The number of anilines is 1. The Labute approximate surface area is 121 Å². The lowest BCUT2D eigenvalue weighted by atomic mass is 10.1. The lowest BCUT2D eigenvalue weighted by Gasteiger charge is -2.37. The lowest BCUT2D eigenvalue weighted by molar-refractivity contribution is -0.141. The van der Waals surface area contributed by atoms with Crippen LogP contribution in [0.5, 0.6) is 0 Å². The number of hydrogen-bond donors (Lipinski definition) is 0. The van der Waals surface area contributed by atoms with Gasteiger partial charge in [-0.15, -0.1) is 0 Å². The Morgan fingerprint density at radius 3 is 2.45 bits per heavy atom. The summed E-state index contributed by atoms with van der Waals surface area (Å²) < 4.78 is 5.11. The van der Waals surface area contributed by atoms with Crippen LogP contribution in [0, 0.1) is 13.8 Å². The Hall–Kier alpha value is -1.55. The Morgan fingerprint density at radius 2 is 1.85 bits per heavy atom. The molecule has 1 aliphatic rings. The molecule has 0 radical (unpaired) electrons. The van der Waals surface area contributed by atoms with Crippen molar-refractivity contribution in [2.24, 2.45) is 0 Å². The molecule has 1 atom stereocenters. The first-order valence-electron chi connectivity index (χ1n) is 7.17. The van der Waals surface area contributed by atoms with Crippen LogP contribution in [0.1, 0.15) is 18.1 Å². The lowest BCUT2D eigenvalue weighted by Crippen LogP contribution is -2.51. The fourth-order valence-electron chi connectivity index (χ4n) is 2.60. The number of aryl methyl sites for hydroxylation is 1. The van der Waals surface area contributed by atoms with Gasteiger partial charge in [-0.1, -0.05) is 12.1 Å². The summed E-state index contributed by atoms with van der Waals surface area (Å²) in [6.45, 7) is 9.40. The van der Waals surface area contributed by atoms with Gasteiger partial charge in [-0.25, -0.2) is 0 Å². The van der Waals surface area contributed by atoms with Gasteiger partial charge in [0.05, 0.1) is 0 Å². The standard InChI is InChI=1S/C16H24N2O2/c1-12-6-5-7-15(13(12)2)17-8-10-18(11-9-17)16(19)14(3)20-4/h5-7,14H,8-11H2,1-4H3. The summed E-state index contributed by atoms with van der Waals surface area (Å²) in [4.78, 5) is 16.3. The number of nitrogens with zero attached hydrogens (tertiary/aromatic N) is 2. The number of hydrogen-bond acceptors (Lipinski definition) is 3. The number of ether oxygens (including phenoxy) is 1. The van der Waals surface area contributed by atoms with E-state index in [4.69, 9.17) is 4.74 Å². The molecule has 20 heavy (non-hydrogen) atoms. The molecule has 1 amide bonds. The van der Waals surface area contributed by atoms with E-state index in [9.17, 15) is 4.79 Å². The summed E-state index contributed by atoms with van der Waals surface area (Å²) in [5.74, 6) is 0.0908. The van der Waals surface area contributed by atoms with Crippen LogP contribution in [-0.4, -0.2) is 50.2 Å². The SMILES string of the molecule is COC(C)C(=O)N1CCN(c2cccc(C)c2C)CC1. The number of rotatable bonds is 3. The van der Waals surface area contributed by atoms with E-state index >= 15 is 0 Å². The van der Waals surface area contributed by atoms with Crippen LogP contribution in [0.15, 0.2) is 18.2 Å². The summed E-state index contributed by atoms with van der Waals surface area (Å²) in [6, 6.07) is 6.40. The van der Waals surface area contributed by atoms with Crippen LogP contribution in [0.3, 0.4) is 0 Å². The van der Waals surface area contributed by atoms with E-state index < -0.39 is 0 Å². The largest absolute Gasteiger partial charge is 0.372 e. The van der Waals surface area contributed by atoms with Gasteiger partial charge in [0.2, 0.25) is 0 Å². The van der Waals surface area contributed by atoms with Crippen molar-refractivity contribution in [3.8, 4) is 0 Å². The second kappa shape index (κ2) is 6.27. The highest BCUT2D eigenvalue weighted by atomic mass is 16.5. The number of amides is 1. The molecule has 4 nitrogen and oxygen atoms in total. The second-order valence-corrected chi connectivity index (χ2v) is 5.41. The number of benzene rings is 1. The van der Waals surface area contributed by atoms with Crippen molar-refractivity contribution in [1.82, 2.24) is 4.90 Å². The van der Waals surface area contributed by atoms with Gasteiger partial charge in [-0.05, 0) is 38.0 Å². The van der Waals surface area contributed by atoms with E-state index in [1.165, 1.54) is 16.8 Å². The van der Waals surface area contributed by atoms with Crippen LogP contribution >= 0.6 is 0 Å². The Balaban J connectivity index is 2.01. The first kappa shape index (κ1) is 14.9. The van der Waals surface area contributed by atoms with E-state index in [1.807, 2.05) is 4.90 Å². The van der Waals surface area contributed by atoms with Crippen molar-refractivity contribution in [2.75, 3.05) is 38.2 Å². The van der Waals surface area contributed by atoms with E-state index in [2.05, 4.69) is 36.9 Å². The zero-order valence-electron chi connectivity index (χ0n) is 12.8. The zero-order valence-corrected chi connectivity index (χ0v) is 12.8. The molecule has 1 fully saturated rings. The second-order valence-electron chi connectivity index (χ2n) is 5.41. The molecule has 0 aromatic heterocycles. The minimum atomic E-state index is -0.345. The number of carbonyl (C=O) groups is 1. The van der Waals surface area contributed by atoms with E-state index in [0.29, 0.717) is 0 Å². The van der Waals surface area contributed by atoms with Crippen molar-refractivity contribution < 1.29 is 9.53 Å². The molecule has 0 aliphatic carbocycles. The average molecular weight is 276 g/mol. The molecular formula is C16H24N2O2. The van der Waals surface area contributed by atoms with Crippen molar-refractivity contribution in [3.63, 3.8) is 0 Å². The fourth-order valence-corrected chi connectivity index (χ4v) is 2.60. The molecule has 1 heterocycles. The Morgan fingerprint density at radius 1 is 1.20 bits per heavy atom. The van der Waals surface area contributed by atoms with Crippen molar-refractivity contribution in [2.45, 2.75) is 26.9 Å². The van der Waals surface area contributed by atoms with Gasteiger partial charge in [-0.3, -0.25) is 4.79 Å². The topological polar surface area (TPSA) is 32.8 Å². The fraction of sp³-hybridized carbons (Fsp3) is 0.562. The van der Waals surface area contributed by atoms with Gasteiger partial charge >= 0.3 is 0 Å². The predicted molar refractivity (Wildman–Crippen MR) is 81.2 cm³/mol. The maximum absolute atomic E-state index is 12.1. The number of methoxy groups -OCH3 is 1. The molecule has 1 saturated heterocycles. The molecule has 110 valence electrons. The Bertz CT molecular complexity index is 479. The molecule has 4 heteroatoms. The molecule has 0 bridgehead atoms. The zero-order chi connectivity index (χ0) is 14.7. The third-order valence-electron chi connectivity index (χ3n) is 4.21. The predicted octanol–water partition coefficient (Wildman–Crippen LogP) is 1.99. The minimum absolute atomic E-state index is 0.0908. The molecule has 0 spiro atoms. The maximum Gasteiger partial charge on any atom is 0.251 e. The third-order valence-corrected chi connectivity index (χ3v) is 4.21. The highest BCUT2D eigenvalue weighted by molar-refractivity contribution is 5.80. The van der Waals surface area contributed by atoms with Crippen molar-refractivity contribution in [3.05, 3.63) is 29.3 Å². The smallest absolute Gasteiger partial charge is 0.251 e. The molecule has 1 aromatic carbocycles. The minimum Gasteiger partial charge on any atom is -0.372 e. The normalized spacial score (nSPS) is 17.2. The molecule has 1 unspecified atom stereocenters.